The van der Waals surface area contributed by atoms with Gasteiger partial charge in [-0.3, -0.25) is 14.9 Å². The van der Waals surface area contributed by atoms with Crippen LogP contribution in [0.15, 0.2) is 42.5 Å². The summed E-state index contributed by atoms with van der Waals surface area (Å²) in [6.07, 6.45) is 0.808. The molecule has 126 valence electrons. The minimum atomic E-state index is -0.438. The molecule has 0 aliphatic heterocycles. The molecule has 6 heteroatoms. The van der Waals surface area contributed by atoms with Gasteiger partial charge in [-0.2, -0.15) is 0 Å². The lowest BCUT2D eigenvalue weighted by molar-refractivity contribution is -0.385. The van der Waals surface area contributed by atoms with Gasteiger partial charge in [0.2, 0.25) is 5.91 Å². The molecule has 0 spiro atoms. The summed E-state index contributed by atoms with van der Waals surface area (Å²) in [5.41, 5.74) is 3.14. The van der Waals surface area contributed by atoms with Gasteiger partial charge in [-0.1, -0.05) is 36.4 Å². The van der Waals surface area contributed by atoms with E-state index < -0.39 is 4.92 Å². The number of hydrogen-bond acceptors (Lipinski definition) is 4. The molecule has 2 aromatic carbocycles. The van der Waals surface area contributed by atoms with E-state index in [-0.39, 0.29) is 24.6 Å². The molecule has 0 radical (unpaired) electrons. The largest absolute Gasteiger partial charge is 0.392 e. The van der Waals surface area contributed by atoms with Crippen molar-refractivity contribution in [2.24, 2.45) is 0 Å². The van der Waals surface area contributed by atoms with Crippen LogP contribution in [-0.2, 0) is 24.2 Å². The Balaban J connectivity index is 1.87. The van der Waals surface area contributed by atoms with Gasteiger partial charge < -0.3 is 10.4 Å². The Morgan fingerprint density at radius 3 is 2.46 bits per heavy atom. The molecule has 0 aliphatic rings. The number of nitro groups is 1. The van der Waals surface area contributed by atoms with Crippen molar-refractivity contribution in [3.63, 3.8) is 0 Å². The second-order valence-electron chi connectivity index (χ2n) is 5.57. The molecule has 0 aromatic heterocycles. The first-order valence-electron chi connectivity index (χ1n) is 7.69. The number of benzene rings is 2. The van der Waals surface area contributed by atoms with E-state index in [1.165, 1.54) is 6.07 Å². The van der Waals surface area contributed by atoms with E-state index >= 15 is 0 Å². The lowest BCUT2D eigenvalue weighted by atomic mass is 10.0. The molecular formula is C18H20N2O4. The van der Waals surface area contributed by atoms with Crippen LogP contribution in [0.25, 0.3) is 0 Å². The molecule has 2 aromatic rings. The Kier molecular flexibility index (Phi) is 6.03. The average Bonchev–Trinajstić information content (AvgIpc) is 2.57. The maximum absolute atomic E-state index is 12.0. The maximum atomic E-state index is 12.0. The predicted octanol–water partition coefficient (Wildman–Crippen LogP) is 2.30. The second kappa shape index (κ2) is 8.21. The maximum Gasteiger partial charge on any atom is 0.272 e. The molecule has 2 N–H and O–H groups in total. The minimum absolute atomic E-state index is 0.0135. The lowest BCUT2D eigenvalue weighted by Gasteiger charge is -2.08. The Hall–Kier alpha value is -2.73. The number of amides is 1. The summed E-state index contributed by atoms with van der Waals surface area (Å²) in [6.45, 7) is 2.16. The van der Waals surface area contributed by atoms with E-state index in [9.17, 15) is 14.9 Å². The van der Waals surface area contributed by atoms with Gasteiger partial charge in [-0.15, -0.1) is 0 Å². The van der Waals surface area contributed by atoms with E-state index in [4.69, 9.17) is 5.11 Å². The molecule has 0 saturated carbocycles. The molecule has 24 heavy (non-hydrogen) atoms. The number of aliphatic hydroxyl groups excluding tert-OH is 1. The van der Waals surface area contributed by atoms with Gasteiger partial charge in [0, 0.05) is 18.2 Å². The smallest absolute Gasteiger partial charge is 0.272 e. The number of nitro benzene ring substituents is 1. The van der Waals surface area contributed by atoms with E-state index in [1.807, 2.05) is 24.3 Å². The zero-order valence-electron chi connectivity index (χ0n) is 13.5. The van der Waals surface area contributed by atoms with Crippen LogP contribution in [0.4, 0.5) is 5.69 Å². The Morgan fingerprint density at radius 1 is 1.17 bits per heavy atom. The van der Waals surface area contributed by atoms with Crippen molar-refractivity contribution in [3.8, 4) is 0 Å². The van der Waals surface area contributed by atoms with E-state index in [1.54, 1.807) is 19.1 Å². The van der Waals surface area contributed by atoms with E-state index in [0.717, 1.165) is 11.1 Å². The molecule has 6 nitrogen and oxygen atoms in total. The Bertz CT molecular complexity index is 726. The summed E-state index contributed by atoms with van der Waals surface area (Å²) in [5, 5.41) is 22.7. The molecule has 1 amide bonds. The SMILES string of the molecule is Cc1c(CC(=O)NCCc2ccc(CO)cc2)cccc1[N+](=O)[O-]. The van der Waals surface area contributed by atoms with Crippen LogP contribution < -0.4 is 5.32 Å². The Morgan fingerprint density at radius 2 is 1.83 bits per heavy atom. The highest BCUT2D eigenvalue weighted by Crippen LogP contribution is 2.21. The van der Waals surface area contributed by atoms with Crippen LogP contribution >= 0.6 is 0 Å². The Labute approximate surface area is 140 Å². The van der Waals surface area contributed by atoms with E-state index in [2.05, 4.69) is 5.32 Å². The van der Waals surface area contributed by atoms with E-state index in [0.29, 0.717) is 24.1 Å². The van der Waals surface area contributed by atoms with Gasteiger partial charge in [0.15, 0.2) is 0 Å². The van der Waals surface area contributed by atoms with Gasteiger partial charge in [0.05, 0.1) is 18.0 Å². The topological polar surface area (TPSA) is 92.5 Å². The standard InChI is InChI=1S/C18H20N2O4/c1-13-16(3-2-4-17(13)20(23)24)11-18(22)19-10-9-14-5-7-15(12-21)8-6-14/h2-8,21H,9-12H2,1H3,(H,19,22). The normalized spacial score (nSPS) is 10.4. The van der Waals surface area contributed by atoms with Crippen LogP contribution in [0.3, 0.4) is 0 Å². The molecular weight excluding hydrogens is 308 g/mol. The molecule has 0 atom stereocenters. The van der Waals surface area contributed by atoms with Gasteiger partial charge >= 0.3 is 0 Å². The first kappa shape index (κ1) is 17.6. The first-order chi connectivity index (χ1) is 11.5. The third-order valence-corrected chi connectivity index (χ3v) is 3.91. The lowest BCUT2D eigenvalue weighted by Crippen LogP contribution is -2.27. The highest BCUT2D eigenvalue weighted by molar-refractivity contribution is 5.79. The van der Waals surface area contributed by atoms with Crippen LogP contribution in [0, 0.1) is 17.0 Å². The first-order valence-corrected chi connectivity index (χ1v) is 7.69. The predicted molar refractivity (Wildman–Crippen MR) is 90.6 cm³/mol. The number of nitrogens with zero attached hydrogens (tertiary/aromatic N) is 1. The van der Waals surface area contributed by atoms with Crippen LogP contribution in [0.5, 0.6) is 0 Å². The molecule has 0 bridgehead atoms. The summed E-state index contributed by atoms with van der Waals surface area (Å²) < 4.78 is 0. The number of carbonyl (C=O) groups excluding carboxylic acids is 1. The van der Waals surface area contributed by atoms with Gasteiger partial charge in [-0.25, -0.2) is 0 Å². The fourth-order valence-electron chi connectivity index (χ4n) is 2.45. The quantitative estimate of drug-likeness (QED) is 0.602. The number of hydrogen-bond donors (Lipinski definition) is 2. The summed E-state index contributed by atoms with van der Waals surface area (Å²) in [5.74, 6) is -0.162. The summed E-state index contributed by atoms with van der Waals surface area (Å²) in [6, 6.07) is 12.3. The molecule has 2 rings (SSSR count). The third-order valence-electron chi connectivity index (χ3n) is 3.91. The van der Waals surface area contributed by atoms with Crippen LogP contribution in [0.2, 0.25) is 0 Å². The number of rotatable bonds is 7. The summed E-state index contributed by atoms with van der Waals surface area (Å²) in [4.78, 5) is 22.5. The van der Waals surface area contributed by atoms with Crippen molar-refractivity contribution in [3.05, 3.63) is 74.8 Å². The van der Waals surface area contributed by atoms with Crippen molar-refractivity contribution in [1.82, 2.24) is 5.32 Å². The molecule has 0 aliphatic carbocycles. The number of nitrogens with one attached hydrogen (secondary N) is 1. The molecule has 0 heterocycles. The molecule has 0 unspecified atom stereocenters. The second-order valence-corrected chi connectivity index (χ2v) is 5.57. The van der Waals surface area contributed by atoms with Crippen LogP contribution in [0.1, 0.15) is 22.3 Å². The fraction of sp³-hybridized carbons (Fsp3) is 0.278. The minimum Gasteiger partial charge on any atom is -0.392 e. The average molecular weight is 328 g/mol. The monoisotopic (exact) mass is 328 g/mol. The highest BCUT2D eigenvalue weighted by atomic mass is 16.6. The van der Waals surface area contributed by atoms with Crippen molar-refractivity contribution in [2.45, 2.75) is 26.4 Å². The third kappa shape index (κ3) is 4.63. The highest BCUT2D eigenvalue weighted by Gasteiger charge is 2.14. The van der Waals surface area contributed by atoms with Gasteiger partial charge in [-0.05, 0) is 30.0 Å². The van der Waals surface area contributed by atoms with Gasteiger partial charge in [0.1, 0.15) is 0 Å². The van der Waals surface area contributed by atoms with Crippen molar-refractivity contribution < 1.29 is 14.8 Å². The zero-order chi connectivity index (χ0) is 17.5. The van der Waals surface area contributed by atoms with Crippen molar-refractivity contribution >= 4 is 11.6 Å². The molecule has 0 saturated heterocycles. The number of carbonyl (C=O) groups is 1. The summed E-state index contributed by atoms with van der Waals surface area (Å²) >= 11 is 0. The zero-order valence-corrected chi connectivity index (χ0v) is 13.5. The van der Waals surface area contributed by atoms with Crippen LogP contribution in [-0.4, -0.2) is 22.5 Å². The van der Waals surface area contributed by atoms with Crippen molar-refractivity contribution in [1.29, 1.82) is 0 Å². The number of aliphatic hydroxyl groups is 1. The molecule has 0 fully saturated rings. The van der Waals surface area contributed by atoms with Crippen molar-refractivity contribution in [2.75, 3.05) is 6.54 Å². The fourth-order valence-corrected chi connectivity index (χ4v) is 2.45. The summed E-state index contributed by atoms with van der Waals surface area (Å²) in [7, 11) is 0. The van der Waals surface area contributed by atoms with Gasteiger partial charge in [0.25, 0.3) is 5.69 Å².